The van der Waals surface area contributed by atoms with E-state index in [0.29, 0.717) is 11.6 Å². The number of nitrogens with two attached hydrogens (primary N) is 1. The molecule has 3 aromatic rings. The lowest BCUT2D eigenvalue weighted by atomic mass is 10.2. The number of rotatable bonds is 6. The topological polar surface area (TPSA) is 69.6 Å². The van der Waals surface area contributed by atoms with Gasteiger partial charge in [-0.25, -0.2) is 4.98 Å². The molecular formula is C15H16ClN5S2. The third-order valence-corrected chi connectivity index (χ3v) is 5.44. The van der Waals surface area contributed by atoms with Gasteiger partial charge in [-0.05, 0) is 18.6 Å². The molecule has 2 aromatic heterocycles. The van der Waals surface area contributed by atoms with Gasteiger partial charge in [0.15, 0.2) is 10.3 Å². The molecule has 8 heteroatoms. The van der Waals surface area contributed by atoms with E-state index in [2.05, 4.69) is 26.7 Å². The zero-order valence-electron chi connectivity index (χ0n) is 12.6. The Morgan fingerprint density at radius 2 is 2.13 bits per heavy atom. The van der Waals surface area contributed by atoms with E-state index in [4.69, 9.17) is 17.3 Å². The summed E-state index contributed by atoms with van der Waals surface area (Å²) in [5.41, 5.74) is 7.71. The average Bonchev–Trinajstić information content (AvgIpc) is 3.13. The number of thioether (sulfide) groups is 1. The molecule has 0 spiro atoms. The van der Waals surface area contributed by atoms with Gasteiger partial charge in [0.1, 0.15) is 5.82 Å². The van der Waals surface area contributed by atoms with Crippen LogP contribution in [0.25, 0.3) is 0 Å². The second-order valence-corrected chi connectivity index (χ2v) is 7.12. The molecular weight excluding hydrogens is 350 g/mol. The average molecular weight is 366 g/mol. The number of halogens is 1. The Labute approximate surface area is 147 Å². The van der Waals surface area contributed by atoms with Crippen LogP contribution >= 0.6 is 34.7 Å². The van der Waals surface area contributed by atoms with Crippen molar-refractivity contribution in [3.05, 3.63) is 51.7 Å². The second kappa shape index (κ2) is 7.33. The second-order valence-electron chi connectivity index (χ2n) is 4.88. The molecule has 2 heterocycles. The fourth-order valence-corrected chi connectivity index (χ4v) is 4.07. The smallest absolute Gasteiger partial charge is 0.191 e. The number of thiazole rings is 1. The van der Waals surface area contributed by atoms with Crippen LogP contribution in [0.3, 0.4) is 0 Å². The first-order valence-electron chi connectivity index (χ1n) is 7.15. The van der Waals surface area contributed by atoms with Crippen molar-refractivity contribution < 1.29 is 0 Å². The summed E-state index contributed by atoms with van der Waals surface area (Å²) in [6, 6.07) is 7.86. The van der Waals surface area contributed by atoms with Crippen molar-refractivity contribution >= 4 is 39.8 Å². The number of benzene rings is 1. The van der Waals surface area contributed by atoms with Crippen LogP contribution in [0.5, 0.6) is 0 Å². The Hall–Kier alpha value is -1.57. The monoisotopic (exact) mass is 365 g/mol. The lowest BCUT2D eigenvalue weighted by molar-refractivity contribution is 0.649. The fourth-order valence-electron chi connectivity index (χ4n) is 2.20. The van der Waals surface area contributed by atoms with Gasteiger partial charge in [0.25, 0.3) is 0 Å². The van der Waals surface area contributed by atoms with E-state index in [1.807, 2.05) is 29.6 Å². The molecule has 0 amide bonds. The molecule has 0 saturated carbocycles. The van der Waals surface area contributed by atoms with Gasteiger partial charge in [0.2, 0.25) is 0 Å². The van der Waals surface area contributed by atoms with Crippen LogP contribution in [0.15, 0.2) is 34.8 Å². The molecule has 0 bridgehead atoms. The van der Waals surface area contributed by atoms with Crippen LogP contribution in [0.1, 0.15) is 24.0 Å². The van der Waals surface area contributed by atoms with Crippen molar-refractivity contribution in [2.75, 3.05) is 5.73 Å². The molecule has 1 aromatic carbocycles. The highest BCUT2D eigenvalue weighted by atomic mass is 35.5. The maximum Gasteiger partial charge on any atom is 0.191 e. The molecule has 0 aliphatic rings. The van der Waals surface area contributed by atoms with Crippen molar-refractivity contribution in [3.63, 3.8) is 0 Å². The van der Waals surface area contributed by atoms with Crippen LogP contribution in [-0.2, 0) is 18.7 Å². The van der Waals surface area contributed by atoms with Crippen LogP contribution < -0.4 is 5.73 Å². The molecule has 2 N–H and O–H groups in total. The SMILES string of the molecule is CCn1c(Cc2csc(N)n2)nnc1SCc1ccccc1Cl. The van der Waals surface area contributed by atoms with Crippen molar-refractivity contribution in [1.29, 1.82) is 0 Å². The Balaban J connectivity index is 1.74. The van der Waals surface area contributed by atoms with E-state index < -0.39 is 0 Å². The molecule has 120 valence electrons. The summed E-state index contributed by atoms with van der Waals surface area (Å²) >= 11 is 9.28. The molecule has 0 fully saturated rings. The number of aromatic nitrogens is 4. The predicted octanol–water partition coefficient (Wildman–Crippen LogP) is 3.87. The Morgan fingerprint density at radius 1 is 1.30 bits per heavy atom. The van der Waals surface area contributed by atoms with Gasteiger partial charge in [0, 0.05) is 22.7 Å². The predicted molar refractivity (Wildman–Crippen MR) is 96.0 cm³/mol. The minimum atomic E-state index is 0.580. The standard InChI is InChI=1S/C15H16ClN5S2/c1-2-21-13(7-11-9-22-14(17)18-11)19-20-15(21)23-8-10-5-3-4-6-12(10)16/h3-6,9H,2,7-8H2,1H3,(H2,17,18). The molecule has 0 atom stereocenters. The summed E-state index contributed by atoms with van der Waals surface area (Å²) in [5.74, 6) is 1.67. The Morgan fingerprint density at radius 3 is 2.83 bits per heavy atom. The van der Waals surface area contributed by atoms with E-state index in [1.54, 1.807) is 11.8 Å². The lowest BCUT2D eigenvalue weighted by Gasteiger charge is -2.07. The van der Waals surface area contributed by atoms with Gasteiger partial charge in [-0.15, -0.1) is 21.5 Å². The van der Waals surface area contributed by atoms with Crippen LogP contribution in [-0.4, -0.2) is 19.7 Å². The van der Waals surface area contributed by atoms with Crippen molar-refractivity contribution in [2.24, 2.45) is 0 Å². The molecule has 3 rings (SSSR count). The van der Waals surface area contributed by atoms with Crippen molar-refractivity contribution in [1.82, 2.24) is 19.7 Å². The summed E-state index contributed by atoms with van der Waals surface area (Å²) < 4.78 is 2.11. The minimum Gasteiger partial charge on any atom is -0.375 e. The van der Waals surface area contributed by atoms with E-state index in [0.717, 1.165) is 39.6 Å². The Kier molecular flexibility index (Phi) is 5.20. The minimum absolute atomic E-state index is 0.580. The fraction of sp³-hybridized carbons (Fsp3) is 0.267. The van der Waals surface area contributed by atoms with Gasteiger partial charge < -0.3 is 10.3 Å². The summed E-state index contributed by atoms with van der Waals surface area (Å²) in [6.45, 7) is 2.90. The summed E-state index contributed by atoms with van der Waals surface area (Å²) in [5, 5.41) is 12.8. The van der Waals surface area contributed by atoms with Gasteiger partial charge >= 0.3 is 0 Å². The molecule has 0 unspecified atom stereocenters. The molecule has 0 saturated heterocycles. The van der Waals surface area contributed by atoms with E-state index >= 15 is 0 Å². The molecule has 0 aliphatic heterocycles. The van der Waals surface area contributed by atoms with Gasteiger partial charge in [-0.1, -0.05) is 41.6 Å². The number of nitrogen functional groups attached to an aromatic ring is 1. The molecule has 0 radical (unpaired) electrons. The third kappa shape index (κ3) is 3.85. The van der Waals surface area contributed by atoms with Gasteiger partial charge in [-0.2, -0.15) is 0 Å². The quantitative estimate of drug-likeness (QED) is 0.671. The first-order valence-corrected chi connectivity index (χ1v) is 9.40. The van der Waals surface area contributed by atoms with E-state index in [1.165, 1.54) is 11.3 Å². The van der Waals surface area contributed by atoms with E-state index in [9.17, 15) is 0 Å². The largest absolute Gasteiger partial charge is 0.375 e. The summed E-state index contributed by atoms with van der Waals surface area (Å²) in [7, 11) is 0. The van der Waals surface area contributed by atoms with Crippen LogP contribution in [0.2, 0.25) is 5.02 Å². The normalized spacial score (nSPS) is 11.0. The zero-order chi connectivity index (χ0) is 16.2. The van der Waals surface area contributed by atoms with Crippen molar-refractivity contribution in [3.8, 4) is 0 Å². The highest BCUT2D eigenvalue weighted by molar-refractivity contribution is 7.98. The van der Waals surface area contributed by atoms with E-state index in [-0.39, 0.29) is 0 Å². The maximum atomic E-state index is 6.20. The lowest BCUT2D eigenvalue weighted by Crippen LogP contribution is -2.04. The highest BCUT2D eigenvalue weighted by Crippen LogP contribution is 2.26. The number of anilines is 1. The summed E-state index contributed by atoms with van der Waals surface area (Å²) in [4.78, 5) is 4.29. The number of hydrogen-bond acceptors (Lipinski definition) is 6. The summed E-state index contributed by atoms with van der Waals surface area (Å²) in [6.07, 6.45) is 0.640. The molecule has 5 nitrogen and oxygen atoms in total. The maximum absolute atomic E-state index is 6.20. The van der Waals surface area contributed by atoms with Gasteiger partial charge in [-0.3, -0.25) is 0 Å². The van der Waals surface area contributed by atoms with Crippen molar-refractivity contribution in [2.45, 2.75) is 30.8 Å². The first-order chi connectivity index (χ1) is 11.2. The highest BCUT2D eigenvalue weighted by Gasteiger charge is 2.13. The van der Waals surface area contributed by atoms with Crippen LogP contribution in [0.4, 0.5) is 5.13 Å². The van der Waals surface area contributed by atoms with Crippen LogP contribution in [0, 0.1) is 0 Å². The number of nitrogens with zero attached hydrogens (tertiary/aromatic N) is 4. The zero-order valence-corrected chi connectivity index (χ0v) is 15.0. The van der Waals surface area contributed by atoms with Gasteiger partial charge in [0.05, 0.1) is 12.1 Å². The third-order valence-electron chi connectivity index (χ3n) is 3.33. The number of hydrogen-bond donors (Lipinski definition) is 1. The molecule has 23 heavy (non-hydrogen) atoms. The first kappa shape index (κ1) is 16.3. The Bertz CT molecular complexity index is 799. The molecule has 0 aliphatic carbocycles.